The molecule has 0 unspecified atom stereocenters. The third-order valence-electron chi connectivity index (χ3n) is 3.82. The Bertz CT molecular complexity index is 653. The maximum atomic E-state index is 12.5. The van der Waals surface area contributed by atoms with Crippen molar-refractivity contribution in [2.24, 2.45) is 0 Å². The Balaban J connectivity index is 1.92. The number of rotatable bonds is 8. The number of carbonyl (C=O) groups excluding carboxylic acids is 2. The molecule has 1 aliphatic rings. The monoisotopic (exact) mass is 362 g/mol. The first-order valence-corrected chi connectivity index (χ1v) is 9.28. The van der Waals surface area contributed by atoms with Crippen LogP contribution in [-0.2, 0) is 16.0 Å². The van der Waals surface area contributed by atoms with Crippen LogP contribution >= 0.6 is 24.0 Å². The number of thiocarbonyl (C=S) groups is 1. The number of benzene rings is 1. The number of carbonyl (C=O) groups is 2. The van der Waals surface area contributed by atoms with E-state index in [0.717, 1.165) is 24.8 Å². The summed E-state index contributed by atoms with van der Waals surface area (Å²) in [6.45, 7) is 2.64. The molecule has 0 atom stereocenters. The molecular weight excluding hydrogens is 342 g/mol. The lowest BCUT2D eigenvalue weighted by atomic mass is 10.1. The third kappa shape index (κ3) is 5.18. The molecule has 1 aliphatic heterocycles. The quantitative estimate of drug-likeness (QED) is 0.404. The highest BCUT2D eigenvalue weighted by Gasteiger charge is 2.31. The summed E-state index contributed by atoms with van der Waals surface area (Å²) < 4.78 is 0.566. The molecule has 0 radical (unpaired) electrons. The topological polar surface area (TPSA) is 60.4 Å². The van der Waals surface area contributed by atoms with Crippen LogP contribution < -0.4 is 5.11 Å². The second-order valence-electron chi connectivity index (χ2n) is 5.61. The van der Waals surface area contributed by atoms with Crippen molar-refractivity contribution >= 4 is 46.3 Å². The fourth-order valence-corrected chi connectivity index (χ4v) is 3.72. The van der Waals surface area contributed by atoms with Crippen LogP contribution in [0.2, 0.25) is 0 Å². The molecule has 24 heavy (non-hydrogen) atoms. The normalized spacial score (nSPS) is 16.2. The van der Waals surface area contributed by atoms with Crippen LogP contribution in [0.4, 0.5) is 0 Å². The van der Waals surface area contributed by atoms with Gasteiger partial charge in [0.1, 0.15) is 4.32 Å². The van der Waals surface area contributed by atoms with Gasteiger partial charge in [0.15, 0.2) is 0 Å². The summed E-state index contributed by atoms with van der Waals surface area (Å²) in [7, 11) is 0. The summed E-state index contributed by atoms with van der Waals surface area (Å²) in [6, 6.07) is 8.13. The number of aryl methyl sites for hydroxylation is 1. The number of nitrogens with zero attached hydrogens (tertiary/aromatic N) is 1. The van der Waals surface area contributed by atoms with Gasteiger partial charge < -0.3 is 9.90 Å². The second-order valence-corrected chi connectivity index (χ2v) is 7.29. The zero-order chi connectivity index (χ0) is 17.5. The van der Waals surface area contributed by atoms with Gasteiger partial charge in [-0.2, -0.15) is 0 Å². The predicted molar refractivity (Wildman–Crippen MR) is 99.2 cm³/mol. The van der Waals surface area contributed by atoms with Gasteiger partial charge in [0, 0.05) is 12.5 Å². The Morgan fingerprint density at radius 2 is 1.96 bits per heavy atom. The summed E-state index contributed by atoms with van der Waals surface area (Å²) in [4.78, 5) is 25.1. The Labute approximate surface area is 151 Å². The van der Waals surface area contributed by atoms with Crippen molar-refractivity contribution in [1.82, 2.24) is 4.90 Å². The molecule has 1 aromatic carbocycles. The number of carboxylic acid groups (broad SMARTS) is 1. The lowest BCUT2D eigenvalue weighted by Gasteiger charge is -2.14. The number of unbranched alkanes of at least 4 members (excludes halogenated alkanes) is 2. The molecule has 1 aromatic rings. The van der Waals surface area contributed by atoms with Crippen LogP contribution in [0.25, 0.3) is 6.08 Å². The molecular formula is C18H20NO3S2-. The molecule has 0 N–H and O–H groups in total. The molecule has 2 rings (SSSR count). The van der Waals surface area contributed by atoms with Crippen molar-refractivity contribution in [2.45, 2.75) is 39.0 Å². The van der Waals surface area contributed by atoms with Crippen LogP contribution in [0.5, 0.6) is 0 Å². The fourth-order valence-electron chi connectivity index (χ4n) is 2.41. The standard InChI is InChI=1S/C18H21NO3S2/c1-2-13-7-9-14(10-8-13)12-15-17(22)19(18(23)24-15)11-5-3-4-6-16(20)21/h7-10,12H,2-6,11H2,1H3,(H,20,21)/p-1. The van der Waals surface area contributed by atoms with Crippen molar-refractivity contribution in [3.05, 3.63) is 40.3 Å². The van der Waals surface area contributed by atoms with Gasteiger partial charge in [0.05, 0.1) is 4.91 Å². The summed E-state index contributed by atoms with van der Waals surface area (Å²) in [5, 5.41) is 10.4. The Morgan fingerprint density at radius 1 is 1.25 bits per heavy atom. The van der Waals surface area contributed by atoms with E-state index in [9.17, 15) is 14.7 Å². The van der Waals surface area contributed by atoms with Crippen molar-refractivity contribution in [1.29, 1.82) is 0 Å². The average Bonchev–Trinajstić information content (AvgIpc) is 2.82. The molecule has 4 nitrogen and oxygen atoms in total. The summed E-state index contributed by atoms with van der Waals surface area (Å²) in [5.74, 6) is -1.10. The Morgan fingerprint density at radius 3 is 2.58 bits per heavy atom. The van der Waals surface area contributed by atoms with Crippen LogP contribution in [0.1, 0.15) is 43.7 Å². The van der Waals surface area contributed by atoms with Gasteiger partial charge >= 0.3 is 0 Å². The van der Waals surface area contributed by atoms with E-state index in [2.05, 4.69) is 19.1 Å². The minimum Gasteiger partial charge on any atom is -0.550 e. The lowest BCUT2D eigenvalue weighted by Crippen LogP contribution is -2.29. The first kappa shape index (κ1) is 18.7. The van der Waals surface area contributed by atoms with Gasteiger partial charge in [-0.3, -0.25) is 9.69 Å². The van der Waals surface area contributed by atoms with Crippen LogP contribution in [0.3, 0.4) is 0 Å². The first-order valence-electron chi connectivity index (χ1n) is 8.05. The van der Waals surface area contributed by atoms with Crippen LogP contribution in [0.15, 0.2) is 29.2 Å². The largest absolute Gasteiger partial charge is 0.550 e. The average molecular weight is 362 g/mol. The van der Waals surface area contributed by atoms with E-state index in [-0.39, 0.29) is 12.3 Å². The first-order chi connectivity index (χ1) is 11.5. The van der Waals surface area contributed by atoms with E-state index >= 15 is 0 Å². The van der Waals surface area contributed by atoms with Crippen molar-refractivity contribution in [2.75, 3.05) is 6.54 Å². The van der Waals surface area contributed by atoms with E-state index in [1.54, 1.807) is 4.90 Å². The van der Waals surface area contributed by atoms with E-state index in [1.165, 1.54) is 17.3 Å². The molecule has 0 aliphatic carbocycles. The summed E-state index contributed by atoms with van der Waals surface area (Å²) in [5.41, 5.74) is 2.25. The maximum Gasteiger partial charge on any atom is 0.266 e. The molecule has 0 bridgehead atoms. The predicted octanol–water partition coefficient (Wildman–Crippen LogP) is 2.76. The van der Waals surface area contributed by atoms with Gasteiger partial charge in [-0.05, 0) is 42.9 Å². The molecule has 6 heteroatoms. The van der Waals surface area contributed by atoms with Crippen molar-refractivity contribution < 1.29 is 14.7 Å². The SMILES string of the molecule is CCc1ccc(C=C2SC(=S)N(CCCCCC(=O)[O-])C2=O)cc1. The zero-order valence-corrected chi connectivity index (χ0v) is 15.3. The molecule has 0 saturated carbocycles. The van der Waals surface area contributed by atoms with Gasteiger partial charge in [-0.1, -0.05) is 61.6 Å². The number of thioether (sulfide) groups is 1. The summed E-state index contributed by atoms with van der Waals surface area (Å²) in [6.07, 6.45) is 4.96. The van der Waals surface area contributed by atoms with Gasteiger partial charge in [0.25, 0.3) is 5.91 Å². The van der Waals surface area contributed by atoms with Gasteiger partial charge in [-0.15, -0.1) is 0 Å². The smallest absolute Gasteiger partial charge is 0.266 e. The number of hydrogen-bond acceptors (Lipinski definition) is 5. The molecule has 1 saturated heterocycles. The zero-order valence-electron chi connectivity index (χ0n) is 13.6. The lowest BCUT2D eigenvalue weighted by molar-refractivity contribution is -0.305. The van der Waals surface area contributed by atoms with Gasteiger partial charge in [-0.25, -0.2) is 0 Å². The minimum absolute atomic E-state index is 0.0616. The number of carboxylic acids is 1. The minimum atomic E-state index is -1.03. The molecule has 128 valence electrons. The van der Waals surface area contributed by atoms with Crippen molar-refractivity contribution in [3.63, 3.8) is 0 Å². The highest BCUT2D eigenvalue weighted by atomic mass is 32.2. The van der Waals surface area contributed by atoms with E-state index in [4.69, 9.17) is 12.2 Å². The maximum absolute atomic E-state index is 12.5. The number of aliphatic carboxylic acids is 1. The number of hydrogen-bond donors (Lipinski definition) is 0. The van der Waals surface area contributed by atoms with Crippen LogP contribution in [-0.4, -0.2) is 27.6 Å². The van der Waals surface area contributed by atoms with Crippen molar-refractivity contribution in [3.8, 4) is 0 Å². The Hall–Kier alpha value is -1.66. The molecule has 1 amide bonds. The van der Waals surface area contributed by atoms with Crippen LogP contribution in [0, 0.1) is 0 Å². The third-order valence-corrected chi connectivity index (χ3v) is 5.20. The Kier molecular flexibility index (Phi) is 6.99. The molecule has 0 spiro atoms. The highest BCUT2D eigenvalue weighted by Crippen LogP contribution is 2.32. The molecule has 1 fully saturated rings. The van der Waals surface area contributed by atoms with Gasteiger partial charge in [0.2, 0.25) is 0 Å². The summed E-state index contributed by atoms with van der Waals surface area (Å²) >= 11 is 6.61. The van der Waals surface area contributed by atoms with E-state index in [1.807, 2.05) is 18.2 Å². The molecule has 1 heterocycles. The number of amides is 1. The fraction of sp³-hybridized carbons (Fsp3) is 0.389. The van der Waals surface area contributed by atoms with E-state index < -0.39 is 5.97 Å². The second kappa shape index (κ2) is 8.99. The van der Waals surface area contributed by atoms with E-state index in [0.29, 0.717) is 22.2 Å². The highest BCUT2D eigenvalue weighted by molar-refractivity contribution is 8.26. The molecule has 0 aromatic heterocycles.